The van der Waals surface area contributed by atoms with Crippen molar-refractivity contribution in [1.29, 1.82) is 0 Å². The number of aliphatic hydroxyl groups is 1. The van der Waals surface area contributed by atoms with Crippen LogP contribution in [0.15, 0.2) is 27.1 Å². The molecule has 0 radical (unpaired) electrons. The van der Waals surface area contributed by atoms with E-state index in [4.69, 9.17) is 0 Å². The fourth-order valence-electron chi connectivity index (χ4n) is 2.00. The van der Waals surface area contributed by atoms with E-state index >= 15 is 0 Å². The smallest absolute Gasteiger partial charge is 0.254 e. The van der Waals surface area contributed by atoms with Gasteiger partial charge < -0.3 is 10.0 Å². The van der Waals surface area contributed by atoms with E-state index in [0.29, 0.717) is 12.1 Å². The summed E-state index contributed by atoms with van der Waals surface area (Å²) >= 11 is 6.73. The number of piperidine rings is 1. The summed E-state index contributed by atoms with van der Waals surface area (Å²) in [6.45, 7) is 1.16. The second kappa shape index (κ2) is 5.50. The number of likely N-dealkylation sites (tertiary alicyclic amines) is 1. The SMILES string of the molecule is O=C(c1cc(Br)cc(Br)c1)N1CCCC(O)C1. The van der Waals surface area contributed by atoms with Gasteiger partial charge in [0, 0.05) is 27.6 Å². The number of hydrogen-bond donors (Lipinski definition) is 1. The highest BCUT2D eigenvalue weighted by Gasteiger charge is 2.23. The summed E-state index contributed by atoms with van der Waals surface area (Å²) < 4.78 is 1.74. The van der Waals surface area contributed by atoms with Crippen LogP contribution >= 0.6 is 31.9 Å². The topological polar surface area (TPSA) is 40.5 Å². The molecular formula is C12H13Br2NO2. The molecule has 1 N–H and O–H groups in total. The molecule has 0 aliphatic carbocycles. The Hall–Kier alpha value is -0.390. The molecule has 0 aromatic heterocycles. The molecule has 1 heterocycles. The maximum absolute atomic E-state index is 12.2. The number of carbonyl (C=O) groups is 1. The first kappa shape index (κ1) is 13.1. The maximum atomic E-state index is 12.2. The quantitative estimate of drug-likeness (QED) is 0.834. The van der Waals surface area contributed by atoms with Crippen LogP contribution in [0.1, 0.15) is 23.2 Å². The van der Waals surface area contributed by atoms with Crippen molar-refractivity contribution >= 4 is 37.8 Å². The number of aliphatic hydroxyl groups excluding tert-OH is 1. The third-order valence-electron chi connectivity index (χ3n) is 2.79. The molecule has 0 spiro atoms. The molecule has 1 aliphatic rings. The Labute approximate surface area is 117 Å². The van der Waals surface area contributed by atoms with E-state index in [-0.39, 0.29) is 12.0 Å². The van der Waals surface area contributed by atoms with Crippen molar-refractivity contribution in [3.8, 4) is 0 Å². The molecule has 92 valence electrons. The normalized spacial score (nSPS) is 20.4. The van der Waals surface area contributed by atoms with Gasteiger partial charge in [-0.1, -0.05) is 31.9 Å². The molecule has 1 amide bonds. The Kier molecular flexibility index (Phi) is 4.22. The zero-order chi connectivity index (χ0) is 12.4. The number of carbonyl (C=O) groups excluding carboxylic acids is 1. The first-order chi connectivity index (χ1) is 8.06. The summed E-state index contributed by atoms with van der Waals surface area (Å²) in [5.74, 6) is -0.0225. The van der Waals surface area contributed by atoms with Crippen molar-refractivity contribution in [3.63, 3.8) is 0 Å². The molecule has 1 atom stereocenters. The zero-order valence-corrected chi connectivity index (χ0v) is 12.4. The van der Waals surface area contributed by atoms with Crippen LogP contribution in [0.4, 0.5) is 0 Å². The summed E-state index contributed by atoms with van der Waals surface area (Å²) in [5, 5.41) is 9.57. The monoisotopic (exact) mass is 361 g/mol. The lowest BCUT2D eigenvalue weighted by Gasteiger charge is -2.30. The predicted octanol–water partition coefficient (Wildman–Crippen LogP) is 2.81. The molecule has 0 saturated carbocycles. The number of nitrogens with zero attached hydrogens (tertiary/aromatic N) is 1. The van der Waals surface area contributed by atoms with Gasteiger partial charge >= 0.3 is 0 Å². The van der Waals surface area contributed by atoms with E-state index in [1.165, 1.54) is 0 Å². The van der Waals surface area contributed by atoms with Crippen LogP contribution in [0, 0.1) is 0 Å². The Morgan fingerprint density at radius 1 is 1.29 bits per heavy atom. The summed E-state index contributed by atoms with van der Waals surface area (Å²) in [7, 11) is 0. The number of rotatable bonds is 1. The zero-order valence-electron chi connectivity index (χ0n) is 9.20. The molecule has 3 nitrogen and oxygen atoms in total. The molecule has 1 aromatic carbocycles. The van der Waals surface area contributed by atoms with Gasteiger partial charge in [-0.15, -0.1) is 0 Å². The maximum Gasteiger partial charge on any atom is 0.254 e. The van der Waals surface area contributed by atoms with Gasteiger partial charge in [-0.05, 0) is 31.0 Å². The van der Waals surface area contributed by atoms with Gasteiger partial charge in [0.15, 0.2) is 0 Å². The number of halogens is 2. The van der Waals surface area contributed by atoms with Crippen molar-refractivity contribution in [3.05, 3.63) is 32.7 Å². The lowest BCUT2D eigenvalue weighted by atomic mass is 10.1. The Morgan fingerprint density at radius 3 is 2.53 bits per heavy atom. The molecule has 2 rings (SSSR count). The van der Waals surface area contributed by atoms with Crippen molar-refractivity contribution in [1.82, 2.24) is 4.90 Å². The van der Waals surface area contributed by atoms with Crippen LogP contribution < -0.4 is 0 Å². The number of hydrogen-bond acceptors (Lipinski definition) is 2. The van der Waals surface area contributed by atoms with Crippen LogP contribution in [0.25, 0.3) is 0 Å². The second-order valence-electron chi connectivity index (χ2n) is 4.21. The molecule has 1 fully saturated rings. The highest BCUT2D eigenvalue weighted by molar-refractivity contribution is 9.11. The Morgan fingerprint density at radius 2 is 1.94 bits per heavy atom. The van der Waals surface area contributed by atoms with Crippen molar-refractivity contribution in [2.75, 3.05) is 13.1 Å². The molecule has 1 aromatic rings. The summed E-state index contributed by atoms with van der Waals surface area (Å²) in [6, 6.07) is 5.49. The van der Waals surface area contributed by atoms with Gasteiger partial charge in [0.25, 0.3) is 5.91 Å². The lowest BCUT2D eigenvalue weighted by Crippen LogP contribution is -2.42. The second-order valence-corrected chi connectivity index (χ2v) is 6.04. The third kappa shape index (κ3) is 3.30. The van der Waals surface area contributed by atoms with Gasteiger partial charge in [0.2, 0.25) is 0 Å². The largest absolute Gasteiger partial charge is 0.391 e. The molecule has 1 aliphatic heterocycles. The predicted molar refractivity (Wildman–Crippen MR) is 73.0 cm³/mol. The van der Waals surface area contributed by atoms with Gasteiger partial charge in [-0.3, -0.25) is 4.79 Å². The number of benzene rings is 1. The highest BCUT2D eigenvalue weighted by Crippen LogP contribution is 2.22. The third-order valence-corrected chi connectivity index (χ3v) is 3.71. The van der Waals surface area contributed by atoms with Crippen LogP contribution in [-0.4, -0.2) is 35.1 Å². The van der Waals surface area contributed by atoms with Gasteiger partial charge in [0.1, 0.15) is 0 Å². The minimum absolute atomic E-state index is 0.0225. The number of amides is 1. The molecule has 17 heavy (non-hydrogen) atoms. The van der Waals surface area contributed by atoms with Crippen molar-refractivity contribution in [2.24, 2.45) is 0 Å². The average molecular weight is 363 g/mol. The minimum atomic E-state index is -0.386. The van der Waals surface area contributed by atoms with E-state index in [1.807, 2.05) is 6.07 Å². The van der Waals surface area contributed by atoms with Crippen molar-refractivity contribution in [2.45, 2.75) is 18.9 Å². The van der Waals surface area contributed by atoms with Gasteiger partial charge in [0.05, 0.1) is 6.10 Å². The Balaban J connectivity index is 2.18. The number of β-amino-alcohol motifs (C(OH)–C–C–N with tert-alkyl or cyclic N) is 1. The minimum Gasteiger partial charge on any atom is -0.391 e. The molecule has 1 unspecified atom stereocenters. The molecular weight excluding hydrogens is 350 g/mol. The van der Waals surface area contributed by atoms with Crippen LogP contribution in [0.2, 0.25) is 0 Å². The first-order valence-corrected chi connectivity index (χ1v) is 7.08. The van der Waals surface area contributed by atoms with Crippen molar-refractivity contribution < 1.29 is 9.90 Å². The standard InChI is InChI=1S/C12H13Br2NO2/c13-9-4-8(5-10(14)6-9)12(17)15-3-1-2-11(16)7-15/h4-6,11,16H,1-3,7H2. The van der Waals surface area contributed by atoms with E-state index < -0.39 is 0 Å². The summed E-state index contributed by atoms with van der Waals surface area (Å²) in [4.78, 5) is 13.9. The molecule has 5 heteroatoms. The van der Waals surface area contributed by atoms with Crippen LogP contribution in [0.5, 0.6) is 0 Å². The Bertz CT molecular complexity index is 416. The van der Waals surface area contributed by atoms with Crippen LogP contribution in [-0.2, 0) is 0 Å². The van der Waals surface area contributed by atoms with Gasteiger partial charge in [-0.2, -0.15) is 0 Å². The summed E-state index contributed by atoms with van der Waals surface area (Å²) in [5.41, 5.74) is 0.639. The fourth-order valence-corrected chi connectivity index (χ4v) is 3.29. The highest BCUT2D eigenvalue weighted by atomic mass is 79.9. The average Bonchev–Trinajstić information content (AvgIpc) is 2.26. The lowest BCUT2D eigenvalue weighted by molar-refractivity contribution is 0.0473. The summed E-state index contributed by atoms with van der Waals surface area (Å²) in [6.07, 6.45) is 1.26. The first-order valence-electron chi connectivity index (χ1n) is 5.49. The van der Waals surface area contributed by atoms with E-state index in [0.717, 1.165) is 28.3 Å². The molecule has 0 bridgehead atoms. The molecule has 1 saturated heterocycles. The van der Waals surface area contributed by atoms with E-state index in [1.54, 1.807) is 17.0 Å². The van der Waals surface area contributed by atoms with E-state index in [9.17, 15) is 9.90 Å². The fraction of sp³-hybridized carbons (Fsp3) is 0.417. The van der Waals surface area contributed by atoms with E-state index in [2.05, 4.69) is 31.9 Å². The van der Waals surface area contributed by atoms with Crippen LogP contribution in [0.3, 0.4) is 0 Å². The van der Waals surface area contributed by atoms with Gasteiger partial charge in [-0.25, -0.2) is 0 Å².